The minimum atomic E-state index is 1.13. The second-order valence-corrected chi connectivity index (χ2v) is 6.27. The maximum atomic E-state index is 3.22. The first-order valence-electron chi connectivity index (χ1n) is 8.53. The molecule has 1 nitrogen and oxygen atoms in total. The fourth-order valence-corrected chi connectivity index (χ4v) is 3.09. The highest BCUT2D eigenvalue weighted by Gasteiger charge is 2.34. The standard InChI is InChI=1S/C17H35N/c1-3-4-5-9-12-16-15-17(16)13-10-7-6-8-11-14-18-2/h16-18H,3-15H2,1-2H3. The van der Waals surface area contributed by atoms with Gasteiger partial charge in [-0.05, 0) is 38.3 Å². The smallest absolute Gasteiger partial charge is 0.00519 e. The van der Waals surface area contributed by atoms with Crippen LogP contribution in [0.1, 0.15) is 84.0 Å². The Morgan fingerprint density at radius 1 is 0.778 bits per heavy atom. The van der Waals surface area contributed by atoms with E-state index < -0.39 is 0 Å². The highest BCUT2D eigenvalue weighted by atomic mass is 14.8. The number of unbranched alkanes of at least 4 members (excludes halogenated alkanes) is 7. The largest absolute Gasteiger partial charge is 0.320 e. The molecule has 0 saturated heterocycles. The van der Waals surface area contributed by atoms with Crippen LogP contribution in [0.3, 0.4) is 0 Å². The van der Waals surface area contributed by atoms with Gasteiger partial charge < -0.3 is 5.32 Å². The van der Waals surface area contributed by atoms with Crippen molar-refractivity contribution in [3.8, 4) is 0 Å². The second kappa shape index (κ2) is 10.8. The zero-order valence-electron chi connectivity index (χ0n) is 12.8. The fraction of sp³-hybridized carbons (Fsp3) is 1.00. The van der Waals surface area contributed by atoms with E-state index >= 15 is 0 Å². The number of nitrogens with one attached hydrogen (secondary N) is 1. The Morgan fingerprint density at radius 2 is 1.33 bits per heavy atom. The van der Waals surface area contributed by atoms with E-state index in [0.29, 0.717) is 0 Å². The van der Waals surface area contributed by atoms with Crippen LogP contribution in [0.5, 0.6) is 0 Å². The summed E-state index contributed by atoms with van der Waals surface area (Å²) in [6.45, 7) is 3.50. The van der Waals surface area contributed by atoms with E-state index in [0.717, 1.165) is 11.8 Å². The summed E-state index contributed by atoms with van der Waals surface area (Å²) in [5.74, 6) is 2.26. The Balaban J connectivity index is 1.76. The Morgan fingerprint density at radius 3 is 1.94 bits per heavy atom. The fourth-order valence-electron chi connectivity index (χ4n) is 3.09. The van der Waals surface area contributed by atoms with Crippen molar-refractivity contribution in [2.75, 3.05) is 13.6 Å². The highest BCUT2D eigenvalue weighted by molar-refractivity contribution is 4.85. The molecule has 1 fully saturated rings. The van der Waals surface area contributed by atoms with Crippen LogP contribution in [-0.2, 0) is 0 Å². The average molecular weight is 253 g/mol. The monoisotopic (exact) mass is 253 g/mol. The Labute approximate surface area is 115 Å². The zero-order valence-corrected chi connectivity index (χ0v) is 12.8. The first-order chi connectivity index (χ1) is 8.88. The van der Waals surface area contributed by atoms with Gasteiger partial charge in [-0.25, -0.2) is 0 Å². The number of rotatable bonds is 13. The summed E-state index contributed by atoms with van der Waals surface area (Å²) < 4.78 is 0. The average Bonchev–Trinajstić information content (AvgIpc) is 3.12. The van der Waals surface area contributed by atoms with E-state index in [1.165, 1.54) is 77.2 Å². The molecular weight excluding hydrogens is 218 g/mol. The summed E-state index contributed by atoms with van der Waals surface area (Å²) in [7, 11) is 2.05. The molecule has 0 bridgehead atoms. The van der Waals surface area contributed by atoms with Crippen LogP contribution in [0.2, 0.25) is 0 Å². The summed E-state index contributed by atoms with van der Waals surface area (Å²) in [5, 5.41) is 3.22. The third kappa shape index (κ3) is 8.13. The molecule has 1 saturated carbocycles. The first kappa shape index (κ1) is 16.0. The molecule has 1 N–H and O–H groups in total. The van der Waals surface area contributed by atoms with Gasteiger partial charge in [0, 0.05) is 0 Å². The van der Waals surface area contributed by atoms with Crippen molar-refractivity contribution in [2.24, 2.45) is 11.8 Å². The van der Waals surface area contributed by atoms with Crippen LogP contribution < -0.4 is 5.32 Å². The molecule has 1 aliphatic rings. The SMILES string of the molecule is CCCCCCC1CC1CCCCCCCNC. The van der Waals surface area contributed by atoms with Gasteiger partial charge >= 0.3 is 0 Å². The second-order valence-electron chi connectivity index (χ2n) is 6.27. The minimum absolute atomic E-state index is 1.13. The summed E-state index contributed by atoms with van der Waals surface area (Å²) in [5.41, 5.74) is 0. The van der Waals surface area contributed by atoms with Crippen molar-refractivity contribution in [3.63, 3.8) is 0 Å². The molecule has 1 aliphatic carbocycles. The molecule has 1 heteroatoms. The Hall–Kier alpha value is -0.0400. The van der Waals surface area contributed by atoms with E-state index in [1.807, 2.05) is 7.05 Å². The van der Waals surface area contributed by atoms with Crippen molar-refractivity contribution in [1.29, 1.82) is 0 Å². The quantitative estimate of drug-likeness (QED) is 0.447. The first-order valence-corrected chi connectivity index (χ1v) is 8.53. The van der Waals surface area contributed by atoms with Crippen LogP contribution in [-0.4, -0.2) is 13.6 Å². The van der Waals surface area contributed by atoms with Crippen molar-refractivity contribution >= 4 is 0 Å². The molecular formula is C17H35N. The van der Waals surface area contributed by atoms with Gasteiger partial charge in [-0.2, -0.15) is 0 Å². The molecule has 0 aliphatic heterocycles. The van der Waals surface area contributed by atoms with Crippen molar-refractivity contribution in [2.45, 2.75) is 84.0 Å². The highest BCUT2D eigenvalue weighted by Crippen LogP contribution is 2.45. The Kier molecular flexibility index (Phi) is 9.65. The summed E-state index contributed by atoms with van der Waals surface area (Å²) in [4.78, 5) is 0. The van der Waals surface area contributed by atoms with Crippen LogP contribution in [0.15, 0.2) is 0 Å². The molecule has 0 aromatic heterocycles. The third-order valence-electron chi connectivity index (χ3n) is 4.50. The topological polar surface area (TPSA) is 12.0 Å². The summed E-state index contributed by atoms with van der Waals surface area (Å²) in [6, 6.07) is 0. The lowest BCUT2D eigenvalue weighted by molar-refractivity contribution is 0.520. The van der Waals surface area contributed by atoms with Gasteiger partial charge in [0.25, 0.3) is 0 Å². The lowest BCUT2D eigenvalue weighted by Crippen LogP contribution is -2.06. The molecule has 0 heterocycles. The normalized spacial score (nSPS) is 22.3. The van der Waals surface area contributed by atoms with Gasteiger partial charge in [0.05, 0.1) is 0 Å². The molecule has 2 atom stereocenters. The third-order valence-corrected chi connectivity index (χ3v) is 4.50. The van der Waals surface area contributed by atoms with Gasteiger partial charge in [0.2, 0.25) is 0 Å². The lowest BCUT2D eigenvalue weighted by Gasteiger charge is -2.02. The van der Waals surface area contributed by atoms with Crippen molar-refractivity contribution in [1.82, 2.24) is 5.32 Å². The van der Waals surface area contributed by atoms with E-state index in [9.17, 15) is 0 Å². The van der Waals surface area contributed by atoms with E-state index in [-0.39, 0.29) is 0 Å². The van der Waals surface area contributed by atoms with E-state index in [2.05, 4.69) is 12.2 Å². The molecule has 1 rings (SSSR count). The summed E-state index contributed by atoms with van der Waals surface area (Å²) >= 11 is 0. The molecule has 0 amide bonds. The molecule has 0 aromatic carbocycles. The molecule has 0 radical (unpaired) electrons. The van der Waals surface area contributed by atoms with E-state index in [1.54, 1.807) is 6.42 Å². The predicted molar refractivity (Wildman–Crippen MR) is 82.0 cm³/mol. The lowest BCUT2D eigenvalue weighted by atomic mass is 10.0. The van der Waals surface area contributed by atoms with Crippen LogP contribution in [0, 0.1) is 11.8 Å². The molecule has 0 spiro atoms. The molecule has 0 aromatic rings. The molecule has 108 valence electrons. The minimum Gasteiger partial charge on any atom is -0.320 e. The van der Waals surface area contributed by atoms with Crippen LogP contribution >= 0.6 is 0 Å². The summed E-state index contributed by atoms with van der Waals surface area (Å²) in [6.07, 6.45) is 17.6. The van der Waals surface area contributed by atoms with Crippen molar-refractivity contribution < 1.29 is 0 Å². The number of hydrogen-bond acceptors (Lipinski definition) is 1. The molecule has 18 heavy (non-hydrogen) atoms. The van der Waals surface area contributed by atoms with Gasteiger partial charge in [0.1, 0.15) is 0 Å². The predicted octanol–water partition coefficient (Wildman–Crippen LogP) is 5.15. The number of hydrogen-bond donors (Lipinski definition) is 1. The van der Waals surface area contributed by atoms with Gasteiger partial charge in [-0.15, -0.1) is 0 Å². The Bertz CT molecular complexity index is 178. The van der Waals surface area contributed by atoms with Gasteiger partial charge in [0.15, 0.2) is 0 Å². The van der Waals surface area contributed by atoms with Gasteiger partial charge in [-0.1, -0.05) is 71.1 Å². The van der Waals surface area contributed by atoms with Gasteiger partial charge in [-0.3, -0.25) is 0 Å². The maximum absolute atomic E-state index is 3.22. The van der Waals surface area contributed by atoms with Crippen LogP contribution in [0.25, 0.3) is 0 Å². The molecule has 2 unspecified atom stereocenters. The zero-order chi connectivity index (χ0) is 13.1. The van der Waals surface area contributed by atoms with E-state index in [4.69, 9.17) is 0 Å². The van der Waals surface area contributed by atoms with Crippen molar-refractivity contribution in [3.05, 3.63) is 0 Å². The maximum Gasteiger partial charge on any atom is -0.00519 e. The van der Waals surface area contributed by atoms with Crippen LogP contribution in [0.4, 0.5) is 0 Å².